The lowest BCUT2D eigenvalue weighted by atomic mass is 9.90. The number of carbonyl (C=O) groups is 1. The molecule has 1 aliphatic carbocycles. The van der Waals surface area contributed by atoms with E-state index in [4.69, 9.17) is 9.15 Å². The zero-order chi connectivity index (χ0) is 17.2. The molecule has 0 radical (unpaired) electrons. The summed E-state index contributed by atoms with van der Waals surface area (Å²) in [5, 5.41) is 0. The first-order valence-electron chi connectivity index (χ1n) is 8.89. The average molecular weight is 342 g/mol. The maximum Gasteiger partial charge on any atom is 0.289 e. The molecule has 0 bridgehead atoms. The van der Waals surface area contributed by atoms with E-state index in [0.717, 1.165) is 19.3 Å². The highest BCUT2D eigenvalue weighted by molar-refractivity contribution is 5.91. The Labute approximate surface area is 146 Å². The van der Waals surface area contributed by atoms with Gasteiger partial charge in [0.15, 0.2) is 5.76 Å². The Balaban J connectivity index is 1.50. The molecule has 1 saturated carbocycles. The summed E-state index contributed by atoms with van der Waals surface area (Å²) in [7, 11) is 0. The molecule has 4 rings (SSSR count). The molecule has 2 aromatic heterocycles. The third-order valence-electron chi connectivity index (χ3n) is 5.09. The van der Waals surface area contributed by atoms with Gasteiger partial charge in [-0.25, -0.2) is 0 Å². The number of furan rings is 1. The third kappa shape index (κ3) is 3.26. The second-order valence-corrected chi connectivity index (χ2v) is 6.69. The SMILES string of the molecule is O=C(c1ccc(Cn2ccccc2=O)o1)N1CCOC2CCCCC21. The molecule has 2 aliphatic rings. The Morgan fingerprint density at radius 1 is 1.16 bits per heavy atom. The Kier molecular flexibility index (Phi) is 4.44. The number of aromatic nitrogens is 1. The topological polar surface area (TPSA) is 64.7 Å². The quantitative estimate of drug-likeness (QED) is 0.858. The standard InChI is InChI=1S/C19H22N2O4/c22-18-7-3-4-10-20(18)13-14-8-9-17(25-14)19(23)21-11-12-24-16-6-2-1-5-15(16)21/h3-4,7-10,15-16H,1-2,5-6,11-13H2. The van der Waals surface area contributed by atoms with Crippen molar-refractivity contribution in [3.63, 3.8) is 0 Å². The van der Waals surface area contributed by atoms with Crippen LogP contribution in [0.15, 0.2) is 45.7 Å². The molecule has 0 N–H and O–H groups in total. The summed E-state index contributed by atoms with van der Waals surface area (Å²) in [6.07, 6.45) is 6.18. The fourth-order valence-electron chi connectivity index (χ4n) is 3.83. The van der Waals surface area contributed by atoms with Crippen LogP contribution in [0.5, 0.6) is 0 Å². The number of ether oxygens (including phenoxy) is 1. The number of fused-ring (bicyclic) bond motifs is 1. The fraction of sp³-hybridized carbons (Fsp3) is 0.474. The molecule has 1 amide bonds. The molecule has 2 unspecified atom stereocenters. The van der Waals surface area contributed by atoms with E-state index in [0.29, 0.717) is 31.2 Å². The van der Waals surface area contributed by atoms with Crippen LogP contribution in [0.25, 0.3) is 0 Å². The second kappa shape index (κ2) is 6.88. The lowest BCUT2D eigenvalue weighted by molar-refractivity contribution is -0.0759. The molecule has 25 heavy (non-hydrogen) atoms. The average Bonchev–Trinajstić information content (AvgIpc) is 3.11. The van der Waals surface area contributed by atoms with E-state index in [1.807, 2.05) is 4.90 Å². The van der Waals surface area contributed by atoms with Gasteiger partial charge >= 0.3 is 0 Å². The molecule has 2 fully saturated rings. The second-order valence-electron chi connectivity index (χ2n) is 6.69. The number of pyridine rings is 1. The summed E-state index contributed by atoms with van der Waals surface area (Å²) in [6, 6.07) is 8.64. The van der Waals surface area contributed by atoms with Crippen molar-refractivity contribution in [1.29, 1.82) is 0 Å². The number of rotatable bonds is 3. The van der Waals surface area contributed by atoms with Crippen molar-refractivity contribution < 1.29 is 13.9 Å². The monoisotopic (exact) mass is 342 g/mol. The van der Waals surface area contributed by atoms with Crippen molar-refractivity contribution in [2.24, 2.45) is 0 Å². The van der Waals surface area contributed by atoms with Crippen LogP contribution in [0.2, 0.25) is 0 Å². The molecule has 0 aromatic carbocycles. The summed E-state index contributed by atoms with van der Waals surface area (Å²) in [5.74, 6) is 0.863. The van der Waals surface area contributed by atoms with Crippen LogP contribution in [-0.2, 0) is 11.3 Å². The molecule has 0 spiro atoms. The van der Waals surface area contributed by atoms with Gasteiger partial charge in [-0.15, -0.1) is 0 Å². The van der Waals surface area contributed by atoms with Crippen LogP contribution >= 0.6 is 0 Å². The smallest absolute Gasteiger partial charge is 0.289 e. The molecule has 1 aliphatic heterocycles. The number of carbonyl (C=O) groups excluding carboxylic acids is 1. The van der Waals surface area contributed by atoms with Crippen molar-refractivity contribution in [1.82, 2.24) is 9.47 Å². The predicted octanol–water partition coefficient (Wildman–Crippen LogP) is 2.27. The number of nitrogens with zero attached hydrogens (tertiary/aromatic N) is 2. The summed E-state index contributed by atoms with van der Waals surface area (Å²) >= 11 is 0. The highest BCUT2D eigenvalue weighted by Crippen LogP contribution is 2.29. The van der Waals surface area contributed by atoms with E-state index < -0.39 is 0 Å². The van der Waals surface area contributed by atoms with Crippen LogP contribution < -0.4 is 5.56 Å². The molecular formula is C19H22N2O4. The third-order valence-corrected chi connectivity index (χ3v) is 5.09. The molecule has 132 valence electrons. The van der Waals surface area contributed by atoms with E-state index in [1.54, 1.807) is 35.0 Å². The van der Waals surface area contributed by atoms with Gasteiger partial charge in [0, 0.05) is 18.8 Å². The first-order chi connectivity index (χ1) is 12.2. The van der Waals surface area contributed by atoms with Gasteiger partial charge in [0.05, 0.1) is 25.3 Å². The van der Waals surface area contributed by atoms with Crippen LogP contribution in [0.3, 0.4) is 0 Å². The largest absolute Gasteiger partial charge is 0.454 e. The van der Waals surface area contributed by atoms with E-state index in [2.05, 4.69) is 0 Å². The van der Waals surface area contributed by atoms with Gasteiger partial charge in [0.2, 0.25) is 0 Å². The minimum absolute atomic E-state index is 0.0770. The number of amides is 1. The summed E-state index contributed by atoms with van der Waals surface area (Å²) in [5.41, 5.74) is -0.0926. The number of morpholine rings is 1. The first-order valence-corrected chi connectivity index (χ1v) is 8.89. The van der Waals surface area contributed by atoms with Gasteiger partial charge in [-0.2, -0.15) is 0 Å². The first kappa shape index (κ1) is 16.1. The fourth-order valence-corrected chi connectivity index (χ4v) is 3.83. The van der Waals surface area contributed by atoms with Gasteiger partial charge in [-0.1, -0.05) is 18.9 Å². The lowest BCUT2D eigenvalue weighted by Crippen LogP contribution is -2.54. The molecule has 6 nitrogen and oxygen atoms in total. The summed E-state index contributed by atoms with van der Waals surface area (Å²) in [4.78, 5) is 26.6. The van der Waals surface area contributed by atoms with Gasteiger partial charge in [-0.05, 0) is 31.0 Å². The van der Waals surface area contributed by atoms with Crippen molar-refractivity contribution in [2.45, 2.75) is 44.4 Å². The van der Waals surface area contributed by atoms with Gasteiger partial charge in [0.25, 0.3) is 11.5 Å². The highest BCUT2D eigenvalue weighted by atomic mass is 16.5. The molecule has 6 heteroatoms. The minimum atomic E-state index is -0.0926. The van der Waals surface area contributed by atoms with E-state index >= 15 is 0 Å². The van der Waals surface area contributed by atoms with Gasteiger partial charge < -0.3 is 18.6 Å². The maximum absolute atomic E-state index is 12.9. The van der Waals surface area contributed by atoms with Crippen LogP contribution in [0.1, 0.15) is 42.0 Å². The van der Waals surface area contributed by atoms with E-state index in [-0.39, 0.29) is 23.6 Å². The maximum atomic E-state index is 12.9. The molecule has 1 saturated heterocycles. The molecular weight excluding hydrogens is 320 g/mol. The Bertz CT molecular complexity index is 808. The van der Waals surface area contributed by atoms with Crippen molar-refractivity contribution >= 4 is 5.91 Å². The normalized spacial score (nSPS) is 23.3. The lowest BCUT2D eigenvalue weighted by Gasteiger charge is -2.43. The van der Waals surface area contributed by atoms with Gasteiger partial charge in [-0.3, -0.25) is 9.59 Å². The van der Waals surface area contributed by atoms with Crippen LogP contribution in [0.4, 0.5) is 0 Å². The van der Waals surface area contributed by atoms with Crippen molar-refractivity contribution in [3.05, 3.63) is 58.4 Å². The zero-order valence-electron chi connectivity index (χ0n) is 14.1. The van der Waals surface area contributed by atoms with Gasteiger partial charge in [0.1, 0.15) is 5.76 Å². The molecule has 2 aromatic rings. The molecule has 3 heterocycles. The Morgan fingerprint density at radius 2 is 2.04 bits per heavy atom. The van der Waals surface area contributed by atoms with Crippen LogP contribution in [-0.4, -0.2) is 40.7 Å². The van der Waals surface area contributed by atoms with Crippen molar-refractivity contribution in [3.8, 4) is 0 Å². The number of hydrogen-bond acceptors (Lipinski definition) is 4. The van der Waals surface area contributed by atoms with E-state index in [9.17, 15) is 9.59 Å². The Morgan fingerprint density at radius 3 is 2.92 bits per heavy atom. The summed E-state index contributed by atoms with van der Waals surface area (Å²) in [6.45, 7) is 1.51. The minimum Gasteiger partial charge on any atom is -0.454 e. The zero-order valence-corrected chi connectivity index (χ0v) is 14.1. The summed E-state index contributed by atoms with van der Waals surface area (Å²) < 4.78 is 13.1. The Hall–Kier alpha value is -2.34. The van der Waals surface area contributed by atoms with Crippen molar-refractivity contribution in [2.75, 3.05) is 13.2 Å². The predicted molar refractivity (Wildman–Crippen MR) is 91.5 cm³/mol. The highest BCUT2D eigenvalue weighted by Gasteiger charge is 2.37. The van der Waals surface area contributed by atoms with Crippen LogP contribution in [0, 0.1) is 0 Å². The van der Waals surface area contributed by atoms with E-state index in [1.165, 1.54) is 12.5 Å². The molecule has 2 atom stereocenters. The number of hydrogen-bond donors (Lipinski definition) is 0.